The first-order valence-electron chi connectivity index (χ1n) is 5.65. The summed E-state index contributed by atoms with van der Waals surface area (Å²) < 4.78 is 0. The van der Waals surface area contributed by atoms with Crippen molar-refractivity contribution in [3.05, 3.63) is 47.5 Å². The number of benzene rings is 2. The number of hydrogen-bond acceptors (Lipinski definition) is 0. The second kappa shape index (κ2) is 5.55. The van der Waals surface area contributed by atoms with E-state index in [0.717, 1.165) is 0 Å². The van der Waals surface area contributed by atoms with E-state index < -0.39 is 0 Å². The van der Waals surface area contributed by atoms with Gasteiger partial charge in [-0.15, -0.1) is 0 Å². The monoisotopic (exact) mass is 200 g/mol. The highest BCUT2D eigenvalue weighted by atomic mass is 14.0. The zero-order valence-corrected chi connectivity index (χ0v) is 10.2. The van der Waals surface area contributed by atoms with Crippen LogP contribution in [0.2, 0.25) is 0 Å². The molecule has 80 valence electrons. The van der Waals surface area contributed by atoms with Crippen molar-refractivity contribution in [2.75, 3.05) is 0 Å². The van der Waals surface area contributed by atoms with E-state index in [9.17, 15) is 0 Å². The summed E-state index contributed by atoms with van der Waals surface area (Å²) in [4.78, 5) is 0. The smallest absolute Gasteiger partial charge is 0.0155 e. The van der Waals surface area contributed by atoms with E-state index in [4.69, 9.17) is 0 Å². The Balaban J connectivity index is 0.000000337. The first-order valence-corrected chi connectivity index (χ1v) is 5.65. The van der Waals surface area contributed by atoms with E-state index in [1.165, 1.54) is 28.3 Å². The molecule has 15 heavy (non-hydrogen) atoms. The van der Waals surface area contributed by atoms with Crippen molar-refractivity contribution in [2.45, 2.75) is 34.1 Å². The number of fused-ring (bicyclic) bond motifs is 1. The molecule has 0 fully saturated rings. The molecular weight excluding hydrogens is 180 g/mol. The highest BCUT2D eigenvalue weighted by Gasteiger charge is 1.95. The van der Waals surface area contributed by atoms with Gasteiger partial charge in [0.15, 0.2) is 0 Å². The molecule has 0 aliphatic rings. The Morgan fingerprint density at radius 2 is 1.53 bits per heavy atom. The van der Waals surface area contributed by atoms with Crippen molar-refractivity contribution in [1.82, 2.24) is 0 Å². The number of aryl methyl sites for hydroxylation is 2. The van der Waals surface area contributed by atoms with Crippen LogP contribution in [0.1, 0.15) is 31.4 Å². The Morgan fingerprint density at radius 3 is 2.20 bits per heavy atom. The first kappa shape index (κ1) is 11.8. The van der Waals surface area contributed by atoms with Crippen molar-refractivity contribution >= 4 is 10.8 Å². The SMILES string of the molecule is CCC.Cc1cc(C)c2ccccc2c1. The fraction of sp³-hybridized carbons (Fsp3) is 0.333. The summed E-state index contributed by atoms with van der Waals surface area (Å²) in [6.45, 7) is 8.55. The molecule has 2 aromatic rings. The Hall–Kier alpha value is -1.30. The third-order valence-electron chi connectivity index (χ3n) is 2.21. The second-order valence-electron chi connectivity index (χ2n) is 4.01. The van der Waals surface area contributed by atoms with Gasteiger partial charge in [-0.25, -0.2) is 0 Å². The molecule has 0 aliphatic carbocycles. The molecule has 0 N–H and O–H groups in total. The van der Waals surface area contributed by atoms with E-state index in [-0.39, 0.29) is 0 Å². The summed E-state index contributed by atoms with van der Waals surface area (Å²) in [5, 5.41) is 2.71. The van der Waals surface area contributed by atoms with Crippen molar-refractivity contribution in [3.8, 4) is 0 Å². The van der Waals surface area contributed by atoms with Gasteiger partial charge in [-0.2, -0.15) is 0 Å². The van der Waals surface area contributed by atoms with Crippen LogP contribution in [0.15, 0.2) is 36.4 Å². The Labute approximate surface area is 92.9 Å². The maximum absolute atomic E-state index is 2.22. The van der Waals surface area contributed by atoms with E-state index in [0.29, 0.717) is 0 Å². The molecule has 0 amide bonds. The maximum atomic E-state index is 2.22. The van der Waals surface area contributed by atoms with Gasteiger partial charge < -0.3 is 0 Å². The summed E-state index contributed by atoms with van der Waals surface area (Å²) in [6, 6.07) is 13.0. The Bertz CT molecular complexity index is 427. The topological polar surface area (TPSA) is 0 Å². The third kappa shape index (κ3) is 3.09. The van der Waals surface area contributed by atoms with Crippen LogP contribution in [0, 0.1) is 13.8 Å². The second-order valence-corrected chi connectivity index (χ2v) is 4.01. The molecular formula is C15H20. The highest BCUT2D eigenvalue weighted by Crippen LogP contribution is 2.19. The maximum Gasteiger partial charge on any atom is -0.0155 e. The first-order chi connectivity index (χ1) is 7.19. The van der Waals surface area contributed by atoms with Crippen molar-refractivity contribution in [2.24, 2.45) is 0 Å². The number of hydrogen-bond donors (Lipinski definition) is 0. The lowest BCUT2D eigenvalue weighted by Gasteiger charge is -2.02. The van der Waals surface area contributed by atoms with Gasteiger partial charge in [0.1, 0.15) is 0 Å². The summed E-state index contributed by atoms with van der Waals surface area (Å²) >= 11 is 0. The van der Waals surface area contributed by atoms with Crippen LogP contribution in [-0.2, 0) is 0 Å². The molecule has 0 nitrogen and oxygen atoms in total. The number of rotatable bonds is 0. The molecule has 0 heteroatoms. The average Bonchev–Trinajstić information content (AvgIpc) is 2.18. The zero-order chi connectivity index (χ0) is 11.3. The highest BCUT2D eigenvalue weighted by molar-refractivity contribution is 5.86. The zero-order valence-electron chi connectivity index (χ0n) is 10.2. The molecule has 0 spiro atoms. The largest absolute Gasteiger partial charge is 0.0656 e. The van der Waals surface area contributed by atoms with Crippen molar-refractivity contribution in [3.63, 3.8) is 0 Å². The third-order valence-corrected chi connectivity index (χ3v) is 2.21. The lowest BCUT2D eigenvalue weighted by atomic mass is 10.0. The quantitative estimate of drug-likeness (QED) is 0.569. The molecule has 0 saturated heterocycles. The van der Waals surface area contributed by atoms with Crippen LogP contribution < -0.4 is 0 Å². The van der Waals surface area contributed by atoms with Gasteiger partial charge in [-0.1, -0.05) is 62.2 Å². The van der Waals surface area contributed by atoms with Gasteiger partial charge in [0.25, 0.3) is 0 Å². The lowest BCUT2D eigenvalue weighted by molar-refractivity contribution is 1.09. The molecule has 0 aliphatic heterocycles. The summed E-state index contributed by atoms with van der Waals surface area (Å²) in [5.74, 6) is 0. The Kier molecular flexibility index (Phi) is 4.36. The van der Waals surface area contributed by atoms with E-state index in [1.54, 1.807) is 0 Å². The van der Waals surface area contributed by atoms with Gasteiger partial charge in [-0.05, 0) is 30.2 Å². The van der Waals surface area contributed by atoms with Crippen LogP contribution in [0.5, 0.6) is 0 Å². The minimum absolute atomic E-state index is 1.25. The molecule has 0 unspecified atom stereocenters. The molecule has 0 heterocycles. The van der Waals surface area contributed by atoms with E-state index >= 15 is 0 Å². The summed E-state index contributed by atoms with van der Waals surface area (Å²) in [5.41, 5.74) is 2.71. The van der Waals surface area contributed by atoms with Crippen LogP contribution >= 0.6 is 0 Å². The Morgan fingerprint density at radius 1 is 0.933 bits per heavy atom. The molecule has 2 aromatic carbocycles. The van der Waals surface area contributed by atoms with Crippen molar-refractivity contribution < 1.29 is 0 Å². The molecule has 0 radical (unpaired) electrons. The normalized spacial score (nSPS) is 9.60. The van der Waals surface area contributed by atoms with Gasteiger partial charge in [0.05, 0.1) is 0 Å². The van der Waals surface area contributed by atoms with Gasteiger partial charge in [0.2, 0.25) is 0 Å². The summed E-state index contributed by atoms with van der Waals surface area (Å²) in [6.07, 6.45) is 1.25. The molecule has 0 atom stereocenters. The van der Waals surface area contributed by atoms with E-state index in [1.807, 2.05) is 0 Å². The van der Waals surface area contributed by atoms with E-state index in [2.05, 4.69) is 64.1 Å². The molecule has 0 bridgehead atoms. The fourth-order valence-electron chi connectivity index (χ4n) is 1.69. The van der Waals surface area contributed by atoms with Gasteiger partial charge >= 0.3 is 0 Å². The average molecular weight is 200 g/mol. The fourth-order valence-corrected chi connectivity index (χ4v) is 1.69. The van der Waals surface area contributed by atoms with Crippen LogP contribution in [0.25, 0.3) is 10.8 Å². The van der Waals surface area contributed by atoms with Gasteiger partial charge in [-0.3, -0.25) is 0 Å². The van der Waals surface area contributed by atoms with Crippen LogP contribution in [0.4, 0.5) is 0 Å². The lowest BCUT2D eigenvalue weighted by Crippen LogP contribution is -1.80. The van der Waals surface area contributed by atoms with Crippen molar-refractivity contribution in [1.29, 1.82) is 0 Å². The molecule has 0 aromatic heterocycles. The van der Waals surface area contributed by atoms with Gasteiger partial charge in [0, 0.05) is 0 Å². The molecule has 2 rings (SSSR count). The van der Waals surface area contributed by atoms with Crippen LogP contribution in [-0.4, -0.2) is 0 Å². The molecule has 0 saturated carbocycles. The predicted molar refractivity (Wildman–Crippen MR) is 69.4 cm³/mol. The minimum Gasteiger partial charge on any atom is -0.0656 e. The summed E-state index contributed by atoms with van der Waals surface area (Å²) in [7, 11) is 0. The van der Waals surface area contributed by atoms with Crippen LogP contribution in [0.3, 0.4) is 0 Å². The minimum atomic E-state index is 1.25. The standard InChI is InChI=1S/C12H12.C3H8/c1-9-7-10(2)12-6-4-3-5-11(12)8-9;1-3-2/h3-8H,1-2H3;3H2,1-2H3. The predicted octanol–water partition coefficient (Wildman–Crippen LogP) is 4.87.